The predicted molar refractivity (Wildman–Crippen MR) is 122 cm³/mol. The number of nitrogens with one attached hydrogen (secondary N) is 3. The van der Waals surface area contributed by atoms with Crippen LogP contribution in [0.1, 0.15) is 19.3 Å². The Hall–Kier alpha value is -1.88. The Balaban J connectivity index is 1.19. The lowest BCUT2D eigenvalue weighted by Gasteiger charge is -2.45. The maximum Gasteiger partial charge on any atom is 0.326 e. The maximum atomic E-state index is 12.5. The Bertz CT molecular complexity index is 1100. The third-order valence-electron chi connectivity index (χ3n) is 7.28. The average molecular weight is 449 g/mol. The van der Waals surface area contributed by atoms with E-state index in [-0.39, 0.29) is 5.69 Å². The summed E-state index contributed by atoms with van der Waals surface area (Å²) < 4.78 is 26.6. The summed E-state index contributed by atoms with van der Waals surface area (Å²) in [7, 11) is -3.12. The van der Waals surface area contributed by atoms with Crippen LogP contribution in [-0.4, -0.2) is 85.3 Å². The minimum atomic E-state index is -3.12. The van der Waals surface area contributed by atoms with Crippen LogP contribution in [0.2, 0.25) is 0 Å². The summed E-state index contributed by atoms with van der Waals surface area (Å²) in [6.07, 6.45) is 4.96. The monoisotopic (exact) mass is 448 g/mol. The predicted octanol–water partition coefficient (Wildman–Crippen LogP) is 0.461. The van der Waals surface area contributed by atoms with Gasteiger partial charge in [0.15, 0.2) is 0 Å². The largest absolute Gasteiger partial charge is 0.382 e. The van der Waals surface area contributed by atoms with Gasteiger partial charge in [-0.2, -0.15) is 4.31 Å². The quantitative estimate of drug-likeness (QED) is 0.594. The van der Waals surface area contributed by atoms with Crippen LogP contribution in [0, 0.1) is 5.41 Å². The third-order valence-corrected chi connectivity index (χ3v) is 8.58. The lowest BCUT2D eigenvalue weighted by Crippen LogP contribution is -2.49. The van der Waals surface area contributed by atoms with Gasteiger partial charge in [0.2, 0.25) is 10.0 Å². The fraction of sp³-hybridized carbons (Fsp3) is 0.667. The molecule has 3 heterocycles. The van der Waals surface area contributed by atoms with Gasteiger partial charge in [-0.1, -0.05) is 0 Å². The van der Waals surface area contributed by atoms with Crippen molar-refractivity contribution >= 4 is 26.7 Å². The number of nitrogens with zero attached hydrogens (tertiary/aromatic N) is 3. The lowest BCUT2D eigenvalue weighted by molar-refractivity contribution is 0.142. The van der Waals surface area contributed by atoms with Crippen LogP contribution in [-0.2, 0) is 16.6 Å². The molecular formula is C21H32N6O3S. The molecule has 5 rings (SSSR count). The molecule has 2 aliphatic heterocycles. The summed E-state index contributed by atoms with van der Waals surface area (Å²) in [5.74, 6) is 0. The molecule has 0 unspecified atom stereocenters. The highest BCUT2D eigenvalue weighted by atomic mass is 32.2. The molecule has 3 N–H and O–H groups in total. The van der Waals surface area contributed by atoms with Gasteiger partial charge < -0.3 is 15.6 Å². The van der Waals surface area contributed by atoms with E-state index in [1.165, 1.54) is 29.8 Å². The van der Waals surface area contributed by atoms with Gasteiger partial charge in [0.25, 0.3) is 0 Å². The van der Waals surface area contributed by atoms with E-state index in [2.05, 4.69) is 26.6 Å². The van der Waals surface area contributed by atoms with E-state index in [4.69, 9.17) is 0 Å². The zero-order valence-electron chi connectivity index (χ0n) is 18.1. The van der Waals surface area contributed by atoms with E-state index < -0.39 is 10.0 Å². The highest BCUT2D eigenvalue weighted by molar-refractivity contribution is 7.88. The van der Waals surface area contributed by atoms with Crippen molar-refractivity contribution in [3.8, 4) is 0 Å². The molecule has 0 radical (unpaired) electrons. The van der Waals surface area contributed by atoms with Crippen LogP contribution in [0.3, 0.4) is 0 Å². The summed E-state index contributed by atoms with van der Waals surface area (Å²) in [5, 5.41) is 7.10. The summed E-state index contributed by atoms with van der Waals surface area (Å²) in [6, 6.07) is 6.63. The number of anilines is 1. The number of rotatable bonds is 6. The SMILES string of the molecule is CS(=O)(=O)N1CCN(CCn2c(=O)[nH]c3cc(NC4CC5(CCNC5)C4)ccc32)CC1. The number of sulfonamides is 1. The molecule has 2 saturated heterocycles. The summed E-state index contributed by atoms with van der Waals surface area (Å²) in [6.45, 7) is 5.99. The number of fused-ring (bicyclic) bond motifs is 1. The highest BCUT2D eigenvalue weighted by Crippen LogP contribution is 2.46. The number of aromatic amines is 1. The van der Waals surface area contributed by atoms with Crippen LogP contribution in [0.15, 0.2) is 23.0 Å². The zero-order valence-corrected chi connectivity index (χ0v) is 18.9. The van der Waals surface area contributed by atoms with Crippen LogP contribution in [0.5, 0.6) is 0 Å². The second-order valence-electron chi connectivity index (χ2n) is 9.49. The Morgan fingerprint density at radius 3 is 2.61 bits per heavy atom. The topological polar surface area (TPSA) is 102 Å². The molecule has 1 spiro atoms. The Labute approximate surface area is 182 Å². The van der Waals surface area contributed by atoms with Crippen molar-refractivity contribution in [2.24, 2.45) is 5.41 Å². The van der Waals surface area contributed by atoms with Crippen molar-refractivity contribution < 1.29 is 8.42 Å². The van der Waals surface area contributed by atoms with Gasteiger partial charge in [0.1, 0.15) is 0 Å². The molecule has 31 heavy (non-hydrogen) atoms. The molecule has 0 bridgehead atoms. The minimum Gasteiger partial charge on any atom is -0.382 e. The van der Waals surface area contributed by atoms with Crippen LogP contribution >= 0.6 is 0 Å². The fourth-order valence-corrected chi connectivity index (χ4v) is 6.30. The van der Waals surface area contributed by atoms with Crippen molar-refractivity contribution in [1.82, 2.24) is 24.1 Å². The van der Waals surface area contributed by atoms with Gasteiger partial charge >= 0.3 is 5.69 Å². The van der Waals surface area contributed by atoms with E-state index in [1.807, 2.05) is 12.1 Å². The lowest BCUT2D eigenvalue weighted by atomic mass is 9.65. The first-order valence-corrected chi connectivity index (χ1v) is 13.0. The van der Waals surface area contributed by atoms with Crippen LogP contribution in [0.25, 0.3) is 11.0 Å². The zero-order chi connectivity index (χ0) is 21.6. The molecule has 3 fully saturated rings. The third kappa shape index (κ3) is 4.26. The molecule has 0 amide bonds. The standard InChI is InChI=1S/C21H32N6O3S/c1-31(29,30)26-9-6-25(7-10-26)8-11-27-19-3-2-16(12-18(19)24-20(27)28)23-17-13-21(14-17)4-5-22-15-21/h2-3,12,17,22-23H,4-11,13-15H2,1H3,(H,24,28). The van der Waals surface area contributed by atoms with E-state index in [0.29, 0.717) is 44.2 Å². The first-order valence-electron chi connectivity index (χ1n) is 11.2. The second-order valence-corrected chi connectivity index (χ2v) is 11.5. The van der Waals surface area contributed by atoms with Gasteiger partial charge in [-0.3, -0.25) is 9.47 Å². The van der Waals surface area contributed by atoms with E-state index >= 15 is 0 Å². The first kappa shape index (κ1) is 21.0. The smallest absolute Gasteiger partial charge is 0.326 e. The molecule has 1 aromatic carbocycles. The Morgan fingerprint density at radius 1 is 1.16 bits per heavy atom. The van der Waals surface area contributed by atoms with Crippen LogP contribution < -0.4 is 16.3 Å². The number of benzene rings is 1. The number of hydrogen-bond donors (Lipinski definition) is 3. The Kier molecular flexibility index (Phi) is 5.36. The fourth-order valence-electron chi connectivity index (χ4n) is 5.47. The molecule has 9 nitrogen and oxygen atoms in total. The van der Waals surface area contributed by atoms with E-state index in [0.717, 1.165) is 36.4 Å². The van der Waals surface area contributed by atoms with Gasteiger partial charge in [0.05, 0.1) is 17.3 Å². The van der Waals surface area contributed by atoms with Crippen LogP contribution in [0.4, 0.5) is 5.69 Å². The first-order chi connectivity index (χ1) is 14.8. The molecule has 170 valence electrons. The highest BCUT2D eigenvalue weighted by Gasteiger charge is 2.45. The molecule has 0 atom stereocenters. The van der Waals surface area contributed by atoms with Gasteiger partial charge in [-0.15, -0.1) is 0 Å². The number of aromatic nitrogens is 2. The maximum absolute atomic E-state index is 12.5. The van der Waals surface area contributed by atoms with Crippen molar-refractivity contribution in [2.75, 3.05) is 57.4 Å². The molecule has 1 saturated carbocycles. The number of piperazine rings is 1. The number of imidazole rings is 1. The van der Waals surface area contributed by atoms with Crippen molar-refractivity contribution in [3.63, 3.8) is 0 Å². The molecular weight excluding hydrogens is 416 g/mol. The van der Waals surface area contributed by atoms with E-state index in [1.54, 1.807) is 4.57 Å². The van der Waals surface area contributed by atoms with Gasteiger partial charge in [0, 0.05) is 57.5 Å². The molecule has 1 aromatic heterocycles. The molecule has 3 aliphatic rings. The minimum absolute atomic E-state index is 0.0958. The summed E-state index contributed by atoms with van der Waals surface area (Å²) in [4.78, 5) is 17.7. The molecule has 1 aliphatic carbocycles. The van der Waals surface area contributed by atoms with Crippen molar-refractivity contribution in [3.05, 3.63) is 28.7 Å². The number of hydrogen-bond acceptors (Lipinski definition) is 6. The molecule has 2 aromatic rings. The summed E-state index contributed by atoms with van der Waals surface area (Å²) in [5.41, 5.74) is 3.24. The van der Waals surface area contributed by atoms with Gasteiger partial charge in [-0.05, 0) is 49.4 Å². The average Bonchev–Trinajstić information content (AvgIpc) is 3.30. The van der Waals surface area contributed by atoms with Crippen molar-refractivity contribution in [1.29, 1.82) is 0 Å². The second kappa shape index (κ2) is 7.91. The number of H-pyrrole nitrogens is 1. The normalized spacial score (nSPS) is 27.7. The van der Waals surface area contributed by atoms with Crippen molar-refractivity contribution in [2.45, 2.75) is 31.8 Å². The van der Waals surface area contributed by atoms with Gasteiger partial charge in [-0.25, -0.2) is 13.2 Å². The Morgan fingerprint density at radius 2 is 1.94 bits per heavy atom. The molecule has 10 heteroatoms. The summed E-state index contributed by atoms with van der Waals surface area (Å²) >= 11 is 0. The van der Waals surface area contributed by atoms with E-state index in [9.17, 15) is 13.2 Å².